The van der Waals surface area contributed by atoms with E-state index in [1.165, 1.54) is 0 Å². The molecule has 11 heteroatoms. The molecular weight excluding hydrogens is 393 g/mol. The molecule has 28 heavy (non-hydrogen) atoms. The van der Waals surface area contributed by atoms with Crippen LogP contribution >= 0.6 is 0 Å². The van der Waals surface area contributed by atoms with Crippen molar-refractivity contribution in [2.45, 2.75) is 43.7 Å². The fourth-order valence-electron chi connectivity index (χ4n) is 2.56. The van der Waals surface area contributed by atoms with Gasteiger partial charge in [0.2, 0.25) is 21.7 Å². The molecule has 1 aliphatic rings. The van der Waals surface area contributed by atoms with Crippen molar-refractivity contribution in [2.75, 3.05) is 6.61 Å². The number of hydroxylamine groups is 1. The summed E-state index contributed by atoms with van der Waals surface area (Å²) in [6, 6.07) is 1.85. The zero-order valence-corrected chi connectivity index (χ0v) is 16.2. The van der Waals surface area contributed by atoms with Gasteiger partial charge in [0.05, 0.1) is 17.5 Å². The van der Waals surface area contributed by atoms with Gasteiger partial charge >= 0.3 is 5.91 Å². The van der Waals surface area contributed by atoms with Crippen molar-refractivity contribution in [3.8, 4) is 0 Å². The lowest BCUT2D eigenvalue weighted by Gasteiger charge is -2.25. The molecule has 2 rings (SSSR count). The van der Waals surface area contributed by atoms with Gasteiger partial charge in [0, 0.05) is 0 Å². The molecule has 1 aromatic rings. The SMILES string of the molecule is CC(C)C(NS(=O)(=O)c1ccc(F)cc1)C(=O)NC1CCCONC(=O)C1=O. The van der Waals surface area contributed by atoms with Crippen LogP contribution in [0.15, 0.2) is 29.2 Å². The molecule has 0 aromatic heterocycles. The smallest absolute Gasteiger partial charge is 0.313 e. The van der Waals surface area contributed by atoms with Crippen LogP contribution in [0, 0.1) is 11.7 Å². The van der Waals surface area contributed by atoms with Crippen LogP contribution in [0.4, 0.5) is 4.39 Å². The van der Waals surface area contributed by atoms with Crippen LogP contribution in [-0.4, -0.2) is 44.7 Å². The summed E-state index contributed by atoms with van der Waals surface area (Å²) in [4.78, 5) is 40.9. The summed E-state index contributed by atoms with van der Waals surface area (Å²) < 4.78 is 40.3. The molecule has 0 bridgehead atoms. The zero-order valence-electron chi connectivity index (χ0n) is 15.4. The molecule has 1 aromatic carbocycles. The molecule has 0 saturated carbocycles. The minimum Gasteiger partial charge on any atom is -0.344 e. The zero-order chi connectivity index (χ0) is 20.9. The van der Waals surface area contributed by atoms with Crippen molar-refractivity contribution >= 4 is 27.6 Å². The number of halogens is 1. The Morgan fingerprint density at radius 2 is 1.89 bits per heavy atom. The van der Waals surface area contributed by atoms with E-state index in [2.05, 4.69) is 10.0 Å². The van der Waals surface area contributed by atoms with Gasteiger partial charge in [0.1, 0.15) is 11.9 Å². The van der Waals surface area contributed by atoms with E-state index in [-0.39, 0.29) is 17.9 Å². The summed E-state index contributed by atoms with van der Waals surface area (Å²) in [6.45, 7) is 3.42. The van der Waals surface area contributed by atoms with Crippen LogP contribution in [0.25, 0.3) is 0 Å². The van der Waals surface area contributed by atoms with Crippen LogP contribution in [0.1, 0.15) is 26.7 Å². The summed E-state index contributed by atoms with van der Waals surface area (Å²) in [5, 5.41) is 2.44. The Bertz CT molecular complexity index is 841. The molecule has 1 heterocycles. The van der Waals surface area contributed by atoms with Gasteiger partial charge in [0.25, 0.3) is 0 Å². The van der Waals surface area contributed by atoms with Crippen molar-refractivity contribution in [1.82, 2.24) is 15.5 Å². The van der Waals surface area contributed by atoms with Crippen LogP contribution < -0.4 is 15.5 Å². The third-order valence-corrected chi connectivity index (χ3v) is 5.57. The monoisotopic (exact) mass is 415 g/mol. The summed E-state index contributed by atoms with van der Waals surface area (Å²) in [6.07, 6.45) is 0.581. The van der Waals surface area contributed by atoms with Gasteiger partial charge in [-0.2, -0.15) is 4.72 Å². The first-order valence-electron chi connectivity index (χ1n) is 8.66. The largest absolute Gasteiger partial charge is 0.344 e. The van der Waals surface area contributed by atoms with Gasteiger partial charge in [-0.1, -0.05) is 13.8 Å². The molecule has 0 radical (unpaired) electrons. The first-order valence-corrected chi connectivity index (χ1v) is 10.1. The Hall–Kier alpha value is -2.37. The number of ketones is 1. The molecule has 154 valence electrons. The van der Waals surface area contributed by atoms with E-state index in [0.717, 1.165) is 24.3 Å². The third kappa shape index (κ3) is 5.57. The fourth-order valence-corrected chi connectivity index (χ4v) is 3.90. The van der Waals surface area contributed by atoms with E-state index in [9.17, 15) is 27.2 Å². The number of rotatable bonds is 6. The predicted molar refractivity (Wildman–Crippen MR) is 95.6 cm³/mol. The number of sulfonamides is 1. The highest BCUT2D eigenvalue weighted by molar-refractivity contribution is 7.89. The van der Waals surface area contributed by atoms with Crippen molar-refractivity contribution in [3.05, 3.63) is 30.1 Å². The van der Waals surface area contributed by atoms with Crippen LogP contribution in [0.3, 0.4) is 0 Å². The molecule has 0 aliphatic carbocycles. The minimum atomic E-state index is -4.11. The first kappa shape index (κ1) is 21.9. The van der Waals surface area contributed by atoms with E-state index in [1.54, 1.807) is 13.8 Å². The number of carbonyl (C=O) groups is 3. The van der Waals surface area contributed by atoms with Gasteiger partial charge in [-0.25, -0.2) is 18.3 Å². The number of benzene rings is 1. The summed E-state index contributed by atoms with van der Waals surface area (Å²) >= 11 is 0. The van der Waals surface area contributed by atoms with Crippen molar-refractivity contribution in [1.29, 1.82) is 0 Å². The van der Waals surface area contributed by atoms with Crippen LogP contribution in [0.2, 0.25) is 0 Å². The van der Waals surface area contributed by atoms with Gasteiger partial charge in [0.15, 0.2) is 0 Å². The maximum absolute atomic E-state index is 13.0. The Balaban J connectivity index is 2.16. The Morgan fingerprint density at radius 1 is 1.25 bits per heavy atom. The highest BCUT2D eigenvalue weighted by Gasteiger charge is 2.33. The number of nitrogens with one attached hydrogen (secondary N) is 3. The average molecular weight is 415 g/mol. The average Bonchev–Trinajstić information content (AvgIpc) is 2.63. The maximum atomic E-state index is 13.0. The quantitative estimate of drug-likeness (QED) is 0.562. The number of amides is 2. The van der Waals surface area contributed by atoms with E-state index >= 15 is 0 Å². The Labute approximate surface area is 162 Å². The second-order valence-corrected chi connectivity index (χ2v) is 8.36. The molecule has 0 spiro atoms. The van der Waals surface area contributed by atoms with E-state index in [4.69, 9.17) is 4.84 Å². The highest BCUT2D eigenvalue weighted by atomic mass is 32.2. The molecule has 2 amide bonds. The van der Waals surface area contributed by atoms with E-state index in [1.807, 2.05) is 5.48 Å². The minimum absolute atomic E-state index is 0.174. The van der Waals surface area contributed by atoms with Crippen LogP contribution in [-0.2, 0) is 29.2 Å². The second kappa shape index (κ2) is 9.22. The van der Waals surface area contributed by atoms with Crippen molar-refractivity contribution < 1.29 is 32.0 Å². The molecule has 9 nitrogen and oxygen atoms in total. The number of Topliss-reactive ketones (excluding diaryl/α,β-unsaturated/α-hetero) is 1. The Morgan fingerprint density at radius 3 is 2.50 bits per heavy atom. The molecular formula is C17H22FN3O6S. The van der Waals surface area contributed by atoms with Crippen molar-refractivity contribution in [2.24, 2.45) is 5.92 Å². The van der Waals surface area contributed by atoms with Gasteiger partial charge in [-0.3, -0.25) is 19.2 Å². The normalized spacial score (nSPS) is 19.5. The molecule has 2 unspecified atom stereocenters. The standard InChI is InChI=1S/C17H22FN3O6S/c1-10(2)14(21-28(25,26)12-7-5-11(18)6-8-12)16(23)19-13-4-3-9-27-20-17(24)15(13)22/h5-8,10,13-14,21H,3-4,9H2,1-2H3,(H,19,23)(H,20,24). The molecule has 1 aliphatic heterocycles. The lowest BCUT2D eigenvalue weighted by Crippen LogP contribution is -2.55. The summed E-state index contributed by atoms with van der Waals surface area (Å²) in [5.74, 6) is -3.67. The molecule has 1 fully saturated rings. The number of hydrogen-bond donors (Lipinski definition) is 3. The van der Waals surface area contributed by atoms with Gasteiger partial charge in [-0.05, 0) is 43.0 Å². The molecule has 3 N–H and O–H groups in total. The molecule has 2 atom stereocenters. The third-order valence-electron chi connectivity index (χ3n) is 4.12. The predicted octanol–water partition coefficient (Wildman–Crippen LogP) is 0.0241. The van der Waals surface area contributed by atoms with Gasteiger partial charge in [-0.15, -0.1) is 0 Å². The maximum Gasteiger partial charge on any atom is 0.313 e. The Kier molecular flexibility index (Phi) is 7.22. The van der Waals surface area contributed by atoms with E-state index in [0.29, 0.717) is 6.42 Å². The summed E-state index contributed by atoms with van der Waals surface area (Å²) in [5.41, 5.74) is 1.97. The van der Waals surface area contributed by atoms with Crippen LogP contribution in [0.5, 0.6) is 0 Å². The summed E-state index contributed by atoms with van der Waals surface area (Å²) in [7, 11) is -4.11. The fraction of sp³-hybridized carbons (Fsp3) is 0.471. The van der Waals surface area contributed by atoms with Gasteiger partial charge < -0.3 is 5.32 Å². The second-order valence-electron chi connectivity index (χ2n) is 6.64. The lowest BCUT2D eigenvalue weighted by molar-refractivity contribution is -0.149. The highest BCUT2D eigenvalue weighted by Crippen LogP contribution is 2.13. The number of carbonyl (C=O) groups excluding carboxylic acids is 3. The van der Waals surface area contributed by atoms with E-state index < -0.39 is 51.4 Å². The first-order chi connectivity index (χ1) is 13.1. The number of hydrogen-bond acceptors (Lipinski definition) is 6. The topological polar surface area (TPSA) is 131 Å². The van der Waals surface area contributed by atoms with Crippen molar-refractivity contribution in [3.63, 3.8) is 0 Å². The molecule has 1 saturated heterocycles. The lowest BCUT2D eigenvalue weighted by atomic mass is 10.0.